The van der Waals surface area contributed by atoms with Crippen LogP contribution in [0.4, 0.5) is 0 Å². The first-order valence-electron chi connectivity index (χ1n) is 6.42. The van der Waals surface area contributed by atoms with Gasteiger partial charge in [0.25, 0.3) is 0 Å². The van der Waals surface area contributed by atoms with Gasteiger partial charge in [0.1, 0.15) is 0 Å². The predicted octanol–water partition coefficient (Wildman–Crippen LogP) is 2.60. The summed E-state index contributed by atoms with van der Waals surface area (Å²) in [7, 11) is -3.45. The van der Waals surface area contributed by atoms with E-state index in [0.717, 1.165) is 29.4 Å². The number of hydrogen-bond donors (Lipinski definition) is 2. The molecule has 1 aliphatic heterocycles. The number of halogens is 2. The van der Waals surface area contributed by atoms with Gasteiger partial charge in [-0.1, -0.05) is 22.0 Å². The Morgan fingerprint density at radius 3 is 2.70 bits per heavy atom. The molecule has 2 N–H and O–H groups in total. The van der Waals surface area contributed by atoms with Gasteiger partial charge >= 0.3 is 0 Å². The Labute approximate surface area is 135 Å². The molecule has 1 fully saturated rings. The van der Waals surface area contributed by atoms with Crippen molar-refractivity contribution in [1.29, 1.82) is 0 Å². The van der Waals surface area contributed by atoms with Gasteiger partial charge in [-0.25, -0.2) is 13.1 Å². The van der Waals surface area contributed by atoms with Gasteiger partial charge in [-0.3, -0.25) is 0 Å². The third-order valence-corrected chi connectivity index (χ3v) is 5.86. The van der Waals surface area contributed by atoms with Crippen LogP contribution >= 0.6 is 28.3 Å². The van der Waals surface area contributed by atoms with Gasteiger partial charge < -0.3 is 5.32 Å². The van der Waals surface area contributed by atoms with Crippen LogP contribution in [0.1, 0.15) is 25.3 Å². The number of aryl methyl sites for hydroxylation is 1. The van der Waals surface area contributed by atoms with Crippen molar-refractivity contribution in [2.24, 2.45) is 0 Å². The highest BCUT2D eigenvalue weighted by atomic mass is 79.9. The van der Waals surface area contributed by atoms with Crippen LogP contribution in [0, 0.1) is 6.92 Å². The fourth-order valence-electron chi connectivity index (χ4n) is 2.21. The highest BCUT2D eigenvalue weighted by Gasteiger charge is 2.26. The highest BCUT2D eigenvalue weighted by molar-refractivity contribution is 9.10. The van der Waals surface area contributed by atoms with E-state index in [4.69, 9.17) is 0 Å². The summed E-state index contributed by atoms with van der Waals surface area (Å²) in [4.78, 5) is 0.308. The summed E-state index contributed by atoms with van der Waals surface area (Å²) in [6, 6.07) is 5.22. The van der Waals surface area contributed by atoms with Gasteiger partial charge in [0, 0.05) is 16.6 Å². The topological polar surface area (TPSA) is 58.2 Å². The van der Waals surface area contributed by atoms with Crippen molar-refractivity contribution in [3.05, 3.63) is 28.2 Å². The first-order valence-corrected chi connectivity index (χ1v) is 8.69. The summed E-state index contributed by atoms with van der Waals surface area (Å²) in [6.07, 6.45) is 1.87. The van der Waals surface area contributed by atoms with Crippen LogP contribution in [-0.4, -0.2) is 27.0 Å². The zero-order valence-electron chi connectivity index (χ0n) is 11.5. The van der Waals surface area contributed by atoms with Gasteiger partial charge in [-0.05, 0) is 50.9 Å². The van der Waals surface area contributed by atoms with Gasteiger partial charge in [-0.15, -0.1) is 12.4 Å². The summed E-state index contributed by atoms with van der Waals surface area (Å²) in [5.74, 6) is 0. The Hall–Kier alpha value is -0.140. The van der Waals surface area contributed by atoms with E-state index in [0.29, 0.717) is 4.90 Å². The minimum Gasteiger partial charge on any atom is -0.313 e. The maximum Gasteiger partial charge on any atom is 0.240 e. The van der Waals surface area contributed by atoms with E-state index in [1.165, 1.54) is 0 Å². The maximum atomic E-state index is 12.3. The summed E-state index contributed by atoms with van der Waals surface area (Å²) in [5, 5.41) is 3.29. The van der Waals surface area contributed by atoms with E-state index >= 15 is 0 Å². The molecule has 0 radical (unpaired) electrons. The Balaban J connectivity index is 0.00000200. The molecule has 0 spiro atoms. The lowest BCUT2D eigenvalue weighted by Crippen LogP contribution is -2.51. The van der Waals surface area contributed by atoms with Crippen molar-refractivity contribution in [2.45, 2.75) is 43.7 Å². The quantitative estimate of drug-likeness (QED) is 0.843. The molecule has 2 unspecified atom stereocenters. The Bertz CT molecular complexity index is 565. The van der Waals surface area contributed by atoms with Gasteiger partial charge in [0.2, 0.25) is 10.0 Å². The monoisotopic (exact) mass is 382 g/mol. The van der Waals surface area contributed by atoms with E-state index in [1.807, 2.05) is 13.8 Å². The Morgan fingerprint density at radius 2 is 2.10 bits per heavy atom. The highest BCUT2D eigenvalue weighted by Crippen LogP contribution is 2.21. The van der Waals surface area contributed by atoms with Crippen molar-refractivity contribution < 1.29 is 8.42 Å². The number of hydrogen-bond acceptors (Lipinski definition) is 3. The summed E-state index contributed by atoms with van der Waals surface area (Å²) >= 11 is 3.37. The molecule has 0 aromatic heterocycles. The molecule has 1 aromatic rings. The normalized spacial score (nSPS) is 23.1. The molecule has 1 heterocycles. The average molecular weight is 384 g/mol. The summed E-state index contributed by atoms with van der Waals surface area (Å²) < 4.78 is 28.3. The summed E-state index contributed by atoms with van der Waals surface area (Å²) in [5.41, 5.74) is 1.02. The average Bonchev–Trinajstić information content (AvgIpc) is 2.35. The Kier molecular flexibility index (Phi) is 6.47. The second-order valence-electron chi connectivity index (χ2n) is 5.02. The molecular weight excluding hydrogens is 364 g/mol. The second kappa shape index (κ2) is 7.22. The van der Waals surface area contributed by atoms with E-state index in [-0.39, 0.29) is 24.5 Å². The van der Waals surface area contributed by atoms with Crippen molar-refractivity contribution >= 4 is 38.4 Å². The molecule has 1 aromatic carbocycles. The number of rotatable bonds is 3. The fraction of sp³-hybridized carbons (Fsp3) is 0.538. The molecule has 0 amide bonds. The van der Waals surface area contributed by atoms with Crippen LogP contribution in [0.25, 0.3) is 0 Å². The molecule has 0 aliphatic carbocycles. The van der Waals surface area contributed by atoms with Crippen LogP contribution in [0.15, 0.2) is 27.6 Å². The smallest absolute Gasteiger partial charge is 0.240 e. The van der Waals surface area contributed by atoms with Gasteiger partial charge in [0.05, 0.1) is 4.90 Å². The molecule has 7 heteroatoms. The molecular formula is C13H20BrClN2O2S. The van der Waals surface area contributed by atoms with Crippen LogP contribution in [0.3, 0.4) is 0 Å². The maximum absolute atomic E-state index is 12.3. The number of benzene rings is 1. The Morgan fingerprint density at radius 1 is 1.40 bits per heavy atom. The van der Waals surface area contributed by atoms with Gasteiger partial charge in [0.15, 0.2) is 0 Å². The first-order chi connectivity index (χ1) is 8.90. The minimum atomic E-state index is -3.45. The lowest BCUT2D eigenvalue weighted by atomic mass is 10.0. The molecule has 20 heavy (non-hydrogen) atoms. The lowest BCUT2D eigenvalue weighted by molar-refractivity contribution is 0.349. The van der Waals surface area contributed by atoms with Crippen molar-refractivity contribution in [2.75, 3.05) is 6.54 Å². The molecule has 2 rings (SSSR count). The third-order valence-electron chi connectivity index (χ3n) is 3.52. The largest absolute Gasteiger partial charge is 0.313 e. The molecule has 1 saturated heterocycles. The predicted molar refractivity (Wildman–Crippen MR) is 86.9 cm³/mol. The molecule has 0 bridgehead atoms. The van der Waals surface area contributed by atoms with Crippen molar-refractivity contribution in [3.8, 4) is 0 Å². The number of nitrogens with one attached hydrogen (secondary N) is 2. The molecule has 0 saturated carbocycles. The van der Waals surface area contributed by atoms with Crippen molar-refractivity contribution in [1.82, 2.24) is 10.0 Å². The molecule has 2 atom stereocenters. The van der Waals surface area contributed by atoms with Crippen LogP contribution in [-0.2, 0) is 10.0 Å². The summed E-state index contributed by atoms with van der Waals surface area (Å²) in [6.45, 7) is 4.90. The van der Waals surface area contributed by atoms with E-state index < -0.39 is 10.0 Å². The molecule has 1 aliphatic rings. The first kappa shape index (κ1) is 17.9. The second-order valence-corrected chi connectivity index (χ2v) is 7.59. The van der Waals surface area contributed by atoms with E-state index in [1.54, 1.807) is 18.2 Å². The van der Waals surface area contributed by atoms with Crippen molar-refractivity contribution in [3.63, 3.8) is 0 Å². The van der Waals surface area contributed by atoms with Gasteiger partial charge in [-0.2, -0.15) is 0 Å². The standard InChI is InChI=1S/C13H19BrN2O2S.ClH/c1-9-5-6-11(8-12(9)14)19(17,18)16-13-4-3-7-15-10(13)2;/h5-6,8,10,13,15-16H,3-4,7H2,1-2H3;1H. The lowest BCUT2D eigenvalue weighted by Gasteiger charge is -2.30. The zero-order chi connectivity index (χ0) is 14.0. The molecule has 114 valence electrons. The van der Waals surface area contributed by atoms with E-state index in [2.05, 4.69) is 26.0 Å². The minimum absolute atomic E-state index is 0. The van der Waals surface area contributed by atoms with Crippen LogP contribution < -0.4 is 10.0 Å². The SMILES string of the molecule is Cc1ccc(S(=O)(=O)NC2CCCNC2C)cc1Br.Cl. The molecule has 4 nitrogen and oxygen atoms in total. The fourth-order valence-corrected chi connectivity index (χ4v) is 4.12. The van der Waals surface area contributed by atoms with Crippen LogP contribution in [0.5, 0.6) is 0 Å². The van der Waals surface area contributed by atoms with E-state index in [9.17, 15) is 8.42 Å². The number of piperidine rings is 1. The van der Waals surface area contributed by atoms with Crippen LogP contribution in [0.2, 0.25) is 0 Å². The zero-order valence-corrected chi connectivity index (χ0v) is 14.7. The number of sulfonamides is 1. The third kappa shape index (κ3) is 4.18.